The smallest absolute Gasteiger partial charge is 0.161 e. The lowest BCUT2D eigenvalue weighted by atomic mass is 11.4. The number of hydrogen-bond donors (Lipinski definition) is 3. The van der Waals surface area contributed by atoms with E-state index in [1.54, 1.807) is 0 Å². The monoisotopic (exact) mass is 119 g/mol. The zero-order valence-electron chi connectivity index (χ0n) is 3.84. The van der Waals surface area contributed by atoms with Gasteiger partial charge in [-0.1, -0.05) is 0 Å². The first-order chi connectivity index (χ1) is 3.89. The molecule has 0 atom stereocenters. The first-order valence-corrected chi connectivity index (χ1v) is 1.57. The molecule has 0 saturated carbocycles. The van der Waals surface area contributed by atoms with Crippen LogP contribution in [0.4, 0.5) is 0 Å². The molecule has 7 nitrogen and oxygen atoms in total. The maximum atomic E-state index is 6.00. The highest BCUT2D eigenvalue weighted by Gasteiger charge is 1.73. The largest absolute Gasteiger partial charge is 0.320 e. The van der Waals surface area contributed by atoms with E-state index in [2.05, 4.69) is 15.5 Å². The third kappa shape index (κ3) is 2.05. The van der Waals surface area contributed by atoms with E-state index in [4.69, 9.17) is 16.4 Å². The van der Waals surface area contributed by atoms with Gasteiger partial charge >= 0.3 is 0 Å². The van der Waals surface area contributed by atoms with Gasteiger partial charge in [0, 0.05) is 0 Å². The average molecular weight is 119 g/mol. The molecule has 0 spiro atoms. The Labute approximate surface area is 44.2 Å². The van der Waals surface area contributed by atoms with Crippen LogP contribution in [-0.4, -0.2) is 30.8 Å². The molecule has 46 valence electrons. The molecule has 0 bridgehead atoms. The Kier molecular flexibility index (Phi) is 3.36. The van der Waals surface area contributed by atoms with E-state index in [1.165, 1.54) is 6.33 Å². The van der Waals surface area contributed by atoms with Gasteiger partial charge in [-0.15, -0.1) is 9.89 Å². The minimum atomic E-state index is 1.03. The molecular formula is CH5N5O2. The van der Waals surface area contributed by atoms with Gasteiger partial charge in [0.2, 0.25) is 0 Å². The van der Waals surface area contributed by atoms with Crippen molar-refractivity contribution in [2.75, 3.05) is 5.84 Å². The molecule has 1 rings (SSSR count). The van der Waals surface area contributed by atoms with Crippen molar-refractivity contribution in [1.82, 2.24) is 20.3 Å². The molecule has 1 aromatic heterocycles. The second-order valence-electron chi connectivity index (χ2n) is 0.790. The molecule has 7 heteroatoms. The molecule has 1 heterocycles. The number of aromatic nitrogens is 4. The fourth-order valence-corrected chi connectivity index (χ4v) is 0.168. The molecule has 0 aliphatic carbocycles. The summed E-state index contributed by atoms with van der Waals surface area (Å²) in [6.45, 7) is 0. The van der Waals surface area contributed by atoms with Crippen molar-refractivity contribution in [1.29, 1.82) is 0 Å². The predicted octanol–water partition coefficient (Wildman–Crippen LogP) is -1.60. The number of hydrogen-bond acceptors (Lipinski definition) is 6. The van der Waals surface area contributed by atoms with Crippen LogP contribution in [0, 0.1) is 0 Å². The Morgan fingerprint density at radius 1 is 1.50 bits per heavy atom. The quantitative estimate of drug-likeness (QED) is 0.215. The zero-order chi connectivity index (χ0) is 6.41. The minimum Gasteiger partial charge on any atom is -0.320 e. The summed E-state index contributed by atoms with van der Waals surface area (Å²) in [7, 11) is 0. The third-order valence-electron chi connectivity index (χ3n) is 0.365. The van der Waals surface area contributed by atoms with Crippen LogP contribution in [0.5, 0.6) is 0 Å². The van der Waals surface area contributed by atoms with E-state index in [0.29, 0.717) is 0 Å². The normalized spacial score (nSPS) is 7.25. The van der Waals surface area contributed by atoms with E-state index >= 15 is 0 Å². The summed E-state index contributed by atoms with van der Waals surface area (Å²) in [5, 5.41) is 21.7. The summed E-state index contributed by atoms with van der Waals surface area (Å²) in [5.41, 5.74) is 0. The Balaban J connectivity index is 0.000000222. The third-order valence-corrected chi connectivity index (χ3v) is 0.365. The highest BCUT2D eigenvalue weighted by molar-refractivity contribution is 4.38. The van der Waals surface area contributed by atoms with E-state index in [1.807, 2.05) is 0 Å². The Bertz CT molecular complexity index is 114. The molecule has 4 N–H and O–H groups in total. The predicted molar refractivity (Wildman–Crippen MR) is 23.2 cm³/mol. The van der Waals surface area contributed by atoms with Crippen LogP contribution in [0.2, 0.25) is 0 Å². The molecule has 0 aromatic carbocycles. The number of rotatable bonds is 0. The Morgan fingerprint density at radius 3 is 2.25 bits per heavy atom. The lowest BCUT2D eigenvalue weighted by molar-refractivity contribution is -0.176. The molecule has 0 unspecified atom stereocenters. The summed E-state index contributed by atoms with van der Waals surface area (Å²) < 4.78 is 0. The van der Waals surface area contributed by atoms with E-state index in [-0.39, 0.29) is 0 Å². The number of nitrogen functional groups attached to an aromatic ring is 1. The Hall–Kier alpha value is -1.21. The molecular weight excluding hydrogens is 114 g/mol. The van der Waals surface area contributed by atoms with Gasteiger partial charge in [-0.25, -0.2) is 0 Å². The standard InChI is InChI=1S/CH3N5.H2O2/c2-6-1-3-4-5-6;1-2/h1H,2H2;1-2H. The fraction of sp³-hybridized carbons (Fsp3) is 0. The van der Waals surface area contributed by atoms with Gasteiger partial charge in [0.1, 0.15) is 0 Å². The van der Waals surface area contributed by atoms with Gasteiger partial charge in [-0.2, -0.15) is 0 Å². The topological polar surface area (TPSA) is 110 Å². The maximum absolute atomic E-state index is 6.00. The van der Waals surface area contributed by atoms with Crippen LogP contribution >= 0.6 is 0 Å². The number of nitrogens with zero attached hydrogens (tertiary/aromatic N) is 4. The molecule has 8 heavy (non-hydrogen) atoms. The maximum Gasteiger partial charge on any atom is 0.161 e. The number of tetrazole rings is 1. The van der Waals surface area contributed by atoms with Gasteiger partial charge in [-0.3, -0.25) is 10.5 Å². The SMILES string of the molecule is Nn1cnnn1.OO. The van der Waals surface area contributed by atoms with Crippen LogP contribution in [0.1, 0.15) is 0 Å². The van der Waals surface area contributed by atoms with Crippen molar-refractivity contribution in [2.45, 2.75) is 0 Å². The molecule has 0 amide bonds. The van der Waals surface area contributed by atoms with Crippen molar-refractivity contribution >= 4 is 0 Å². The first kappa shape index (κ1) is 6.79. The lowest BCUT2D eigenvalue weighted by Gasteiger charge is -1.73. The average Bonchev–Trinajstić information content (AvgIpc) is 2.24. The van der Waals surface area contributed by atoms with Gasteiger partial charge in [0.15, 0.2) is 6.33 Å². The van der Waals surface area contributed by atoms with Crippen molar-refractivity contribution in [3.05, 3.63) is 6.33 Å². The van der Waals surface area contributed by atoms with Crippen LogP contribution in [0.15, 0.2) is 6.33 Å². The van der Waals surface area contributed by atoms with Gasteiger partial charge in [-0.05, 0) is 10.4 Å². The molecule has 0 radical (unpaired) electrons. The molecule has 0 aliphatic heterocycles. The first-order valence-electron chi connectivity index (χ1n) is 1.57. The van der Waals surface area contributed by atoms with E-state index < -0.39 is 0 Å². The van der Waals surface area contributed by atoms with Crippen LogP contribution in [0.3, 0.4) is 0 Å². The highest BCUT2D eigenvalue weighted by atomic mass is 17.0. The summed E-state index contributed by atoms with van der Waals surface area (Å²) in [6, 6.07) is 0. The fourth-order valence-electron chi connectivity index (χ4n) is 0.168. The zero-order valence-corrected chi connectivity index (χ0v) is 3.84. The lowest BCUT2D eigenvalue weighted by Crippen LogP contribution is -2.07. The summed E-state index contributed by atoms with van der Waals surface area (Å²) in [4.78, 5) is 1.03. The van der Waals surface area contributed by atoms with Crippen molar-refractivity contribution in [3.8, 4) is 0 Å². The second-order valence-corrected chi connectivity index (χ2v) is 0.790. The molecule has 0 fully saturated rings. The van der Waals surface area contributed by atoms with E-state index in [0.717, 1.165) is 4.79 Å². The Morgan fingerprint density at radius 2 is 2.12 bits per heavy atom. The van der Waals surface area contributed by atoms with Gasteiger partial charge < -0.3 is 5.84 Å². The van der Waals surface area contributed by atoms with Crippen LogP contribution in [0.25, 0.3) is 0 Å². The van der Waals surface area contributed by atoms with Gasteiger partial charge in [0.05, 0.1) is 0 Å². The van der Waals surface area contributed by atoms with Crippen molar-refractivity contribution < 1.29 is 10.5 Å². The number of nitrogens with two attached hydrogens (primary N) is 1. The minimum absolute atomic E-state index is 1.03. The highest BCUT2D eigenvalue weighted by Crippen LogP contribution is 1.53. The summed E-state index contributed by atoms with van der Waals surface area (Å²) in [6.07, 6.45) is 1.31. The molecule has 1 aromatic rings. The van der Waals surface area contributed by atoms with Gasteiger partial charge in [0.25, 0.3) is 0 Å². The van der Waals surface area contributed by atoms with Crippen molar-refractivity contribution in [2.24, 2.45) is 0 Å². The van der Waals surface area contributed by atoms with E-state index in [9.17, 15) is 0 Å². The summed E-state index contributed by atoms with van der Waals surface area (Å²) in [5.74, 6) is 4.96. The molecule has 0 saturated heterocycles. The second kappa shape index (κ2) is 3.96. The van der Waals surface area contributed by atoms with Crippen LogP contribution in [-0.2, 0) is 0 Å². The molecule has 0 aliphatic rings. The van der Waals surface area contributed by atoms with Crippen LogP contribution < -0.4 is 5.84 Å². The summed E-state index contributed by atoms with van der Waals surface area (Å²) >= 11 is 0. The van der Waals surface area contributed by atoms with Crippen molar-refractivity contribution in [3.63, 3.8) is 0 Å².